The molecular weight excluding hydrogens is 280 g/mol. The fourth-order valence-corrected chi connectivity index (χ4v) is 2.83. The van der Waals surface area contributed by atoms with Crippen LogP contribution in [0.4, 0.5) is 5.69 Å². The number of benzene rings is 1. The predicted octanol–water partition coefficient (Wildman–Crippen LogP) is 3.81. The van der Waals surface area contributed by atoms with Crippen LogP contribution in [0.15, 0.2) is 30.6 Å². The van der Waals surface area contributed by atoms with E-state index in [2.05, 4.69) is 67.5 Å². The lowest BCUT2D eigenvalue weighted by molar-refractivity contribution is 0.794. The molecule has 0 radical (unpaired) electrons. The van der Waals surface area contributed by atoms with E-state index in [0.29, 0.717) is 10.8 Å². The van der Waals surface area contributed by atoms with Gasteiger partial charge in [0, 0.05) is 34.8 Å². The Morgan fingerprint density at radius 1 is 1.33 bits per heavy atom. The number of aromatic nitrogens is 3. The summed E-state index contributed by atoms with van der Waals surface area (Å²) in [4.78, 5) is 0. The van der Waals surface area contributed by atoms with E-state index >= 15 is 0 Å². The summed E-state index contributed by atoms with van der Waals surface area (Å²) < 4.78 is 2.23. The molecule has 2 rings (SSSR count). The summed E-state index contributed by atoms with van der Waals surface area (Å²) >= 11 is 1.98. The van der Waals surface area contributed by atoms with Crippen LogP contribution in [0.5, 0.6) is 0 Å². The van der Waals surface area contributed by atoms with Gasteiger partial charge in [0.25, 0.3) is 0 Å². The Morgan fingerprint density at radius 3 is 2.71 bits per heavy atom. The van der Waals surface area contributed by atoms with Crippen molar-refractivity contribution in [2.75, 3.05) is 11.1 Å². The fraction of sp³-hybridized carbons (Fsp3) is 0.500. The highest BCUT2D eigenvalue weighted by atomic mass is 32.2. The first-order valence-corrected chi connectivity index (χ1v) is 8.18. The predicted molar refractivity (Wildman–Crippen MR) is 91.7 cm³/mol. The number of hydrogen-bond donors (Lipinski definition) is 1. The van der Waals surface area contributed by atoms with Crippen LogP contribution in [0.25, 0.3) is 11.4 Å². The molecular formula is C16H24N4S. The van der Waals surface area contributed by atoms with Gasteiger partial charge in [-0.15, -0.1) is 10.2 Å². The molecule has 0 aliphatic carbocycles. The summed E-state index contributed by atoms with van der Waals surface area (Å²) in [6, 6.07) is 8.75. The molecule has 1 aromatic heterocycles. The van der Waals surface area contributed by atoms with Crippen LogP contribution in [0.2, 0.25) is 0 Å². The molecule has 0 fully saturated rings. The maximum absolute atomic E-state index is 4.16. The molecule has 1 atom stereocenters. The SMILES string of the molecule is C[C@H](CSC(C)(C)C)Nc1cccc(-c2nncn2C)c1. The topological polar surface area (TPSA) is 42.7 Å². The van der Waals surface area contributed by atoms with Crippen LogP contribution in [0.3, 0.4) is 0 Å². The first kappa shape index (κ1) is 15.9. The first-order chi connectivity index (χ1) is 9.85. The molecule has 114 valence electrons. The van der Waals surface area contributed by atoms with Gasteiger partial charge in [-0.1, -0.05) is 32.9 Å². The van der Waals surface area contributed by atoms with Gasteiger partial charge < -0.3 is 9.88 Å². The summed E-state index contributed by atoms with van der Waals surface area (Å²) in [6.07, 6.45) is 1.72. The second kappa shape index (κ2) is 6.52. The molecule has 0 aliphatic heterocycles. The van der Waals surface area contributed by atoms with Crippen molar-refractivity contribution >= 4 is 17.4 Å². The lowest BCUT2D eigenvalue weighted by atomic mass is 10.2. The van der Waals surface area contributed by atoms with E-state index in [4.69, 9.17) is 0 Å². The lowest BCUT2D eigenvalue weighted by Gasteiger charge is -2.22. The van der Waals surface area contributed by atoms with Gasteiger partial charge in [0.1, 0.15) is 6.33 Å². The van der Waals surface area contributed by atoms with Crippen molar-refractivity contribution in [1.82, 2.24) is 14.8 Å². The summed E-state index contributed by atoms with van der Waals surface area (Å²) in [6.45, 7) is 8.96. The lowest BCUT2D eigenvalue weighted by Crippen LogP contribution is -2.21. The Hall–Kier alpha value is -1.49. The molecule has 0 aliphatic rings. The molecule has 0 unspecified atom stereocenters. The average molecular weight is 304 g/mol. The normalized spacial score (nSPS) is 13.2. The van der Waals surface area contributed by atoms with Crippen molar-refractivity contribution in [2.45, 2.75) is 38.5 Å². The van der Waals surface area contributed by atoms with Crippen molar-refractivity contribution in [3.8, 4) is 11.4 Å². The molecule has 0 saturated heterocycles. The van der Waals surface area contributed by atoms with E-state index < -0.39 is 0 Å². The molecule has 0 spiro atoms. The second-order valence-corrected chi connectivity index (χ2v) is 8.16. The molecule has 1 aromatic carbocycles. The van der Waals surface area contributed by atoms with Gasteiger partial charge in [-0.2, -0.15) is 11.8 Å². The number of rotatable bonds is 5. The highest BCUT2D eigenvalue weighted by molar-refractivity contribution is 8.00. The Balaban J connectivity index is 2.03. The van der Waals surface area contributed by atoms with E-state index in [1.807, 2.05) is 23.4 Å². The van der Waals surface area contributed by atoms with Gasteiger partial charge in [0.05, 0.1) is 0 Å². The number of aryl methyl sites for hydroxylation is 1. The zero-order valence-electron chi connectivity index (χ0n) is 13.4. The smallest absolute Gasteiger partial charge is 0.163 e. The Morgan fingerprint density at radius 2 is 2.10 bits per heavy atom. The summed E-state index contributed by atoms with van der Waals surface area (Å²) in [5.74, 6) is 1.97. The zero-order chi connectivity index (χ0) is 15.5. The fourth-order valence-electron chi connectivity index (χ4n) is 1.99. The van der Waals surface area contributed by atoms with Gasteiger partial charge in [0.15, 0.2) is 5.82 Å². The standard InChI is InChI=1S/C16H24N4S/c1-12(10-21-16(2,3)4)18-14-8-6-7-13(9-14)15-19-17-11-20(15)5/h6-9,11-12,18H,10H2,1-5H3/t12-/m1/s1. The van der Waals surface area contributed by atoms with Crippen LogP contribution in [0, 0.1) is 0 Å². The highest BCUT2D eigenvalue weighted by Gasteiger charge is 2.13. The van der Waals surface area contributed by atoms with E-state index in [0.717, 1.165) is 22.8 Å². The summed E-state index contributed by atoms with van der Waals surface area (Å²) in [7, 11) is 1.96. The average Bonchev–Trinajstić information content (AvgIpc) is 2.82. The van der Waals surface area contributed by atoms with Gasteiger partial charge in [-0.05, 0) is 19.1 Å². The van der Waals surface area contributed by atoms with E-state index in [-0.39, 0.29) is 0 Å². The van der Waals surface area contributed by atoms with Crippen LogP contribution in [-0.4, -0.2) is 31.3 Å². The first-order valence-electron chi connectivity index (χ1n) is 7.20. The van der Waals surface area contributed by atoms with Crippen molar-refractivity contribution in [1.29, 1.82) is 0 Å². The Bertz CT molecular complexity index is 586. The monoisotopic (exact) mass is 304 g/mol. The zero-order valence-corrected chi connectivity index (χ0v) is 14.2. The van der Waals surface area contributed by atoms with Crippen LogP contribution < -0.4 is 5.32 Å². The van der Waals surface area contributed by atoms with Gasteiger partial charge >= 0.3 is 0 Å². The number of nitrogens with zero attached hydrogens (tertiary/aromatic N) is 3. The van der Waals surface area contributed by atoms with Crippen molar-refractivity contribution in [3.05, 3.63) is 30.6 Å². The van der Waals surface area contributed by atoms with Gasteiger partial charge in [-0.25, -0.2) is 0 Å². The quantitative estimate of drug-likeness (QED) is 0.912. The molecule has 2 aromatic rings. The molecule has 1 N–H and O–H groups in total. The van der Waals surface area contributed by atoms with Crippen molar-refractivity contribution in [2.24, 2.45) is 7.05 Å². The van der Waals surface area contributed by atoms with Gasteiger partial charge in [0.2, 0.25) is 0 Å². The van der Waals surface area contributed by atoms with Crippen LogP contribution in [0.1, 0.15) is 27.7 Å². The molecule has 0 amide bonds. The largest absolute Gasteiger partial charge is 0.382 e. The molecule has 21 heavy (non-hydrogen) atoms. The second-order valence-electron chi connectivity index (χ2n) is 6.32. The third-order valence-corrected chi connectivity index (χ3v) is 4.54. The van der Waals surface area contributed by atoms with Crippen LogP contribution in [-0.2, 0) is 7.05 Å². The molecule has 0 bridgehead atoms. The molecule has 1 heterocycles. The minimum absolute atomic E-state index is 0.302. The molecule has 5 heteroatoms. The minimum atomic E-state index is 0.302. The highest BCUT2D eigenvalue weighted by Crippen LogP contribution is 2.25. The Labute approximate surface area is 131 Å². The van der Waals surface area contributed by atoms with Crippen molar-refractivity contribution < 1.29 is 0 Å². The molecule has 0 saturated carbocycles. The summed E-state index contributed by atoms with van der Waals surface area (Å²) in [5.41, 5.74) is 2.20. The van der Waals surface area contributed by atoms with E-state index in [9.17, 15) is 0 Å². The minimum Gasteiger partial charge on any atom is -0.382 e. The maximum Gasteiger partial charge on any atom is 0.163 e. The number of hydrogen-bond acceptors (Lipinski definition) is 4. The van der Waals surface area contributed by atoms with Crippen molar-refractivity contribution in [3.63, 3.8) is 0 Å². The third kappa shape index (κ3) is 4.77. The Kier molecular flexibility index (Phi) is 4.93. The number of nitrogens with one attached hydrogen (secondary N) is 1. The third-order valence-electron chi connectivity index (χ3n) is 3.01. The number of anilines is 1. The summed E-state index contributed by atoms with van der Waals surface area (Å²) in [5, 5.41) is 11.6. The van der Waals surface area contributed by atoms with E-state index in [1.165, 1.54) is 0 Å². The van der Waals surface area contributed by atoms with E-state index in [1.54, 1.807) is 6.33 Å². The van der Waals surface area contributed by atoms with Gasteiger partial charge in [-0.3, -0.25) is 0 Å². The molecule has 4 nitrogen and oxygen atoms in total. The van der Waals surface area contributed by atoms with Crippen LogP contribution >= 0.6 is 11.8 Å². The maximum atomic E-state index is 4.16. The number of thioether (sulfide) groups is 1.